The maximum atomic E-state index is 12.0. The van der Waals surface area contributed by atoms with Crippen LogP contribution in [0.15, 0.2) is 54.2 Å². The minimum Gasteiger partial charge on any atom is -0.352 e. The second-order valence-corrected chi connectivity index (χ2v) is 5.99. The largest absolute Gasteiger partial charge is 0.352 e. The molecule has 112 valence electrons. The summed E-state index contributed by atoms with van der Waals surface area (Å²) >= 11 is 1.54. The maximum absolute atomic E-state index is 12.0. The third kappa shape index (κ3) is 3.62. The van der Waals surface area contributed by atoms with E-state index in [1.807, 2.05) is 65.7 Å². The van der Waals surface area contributed by atoms with Gasteiger partial charge in [0.25, 0.3) is 0 Å². The van der Waals surface area contributed by atoms with Crippen molar-refractivity contribution in [3.05, 3.63) is 71.0 Å². The van der Waals surface area contributed by atoms with Crippen LogP contribution in [0.25, 0.3) is 5.13 Å². The van der Waals surface area contributed by atoms with Gasteiger partial charge in [-0.1, -0.05) is 29.8 Å². The Hall–Kier alpha value is -2.40. The monoisotopic (exact) mass is 311 g/mol. The molecular weight excluding hydrogens is 294 g/mol. The number of hydrogen-bond acceptors (Lipinski definition) is 3. The fraction of sp³-hybridized carbons (Fsp3) is 0.176. The van der Waals surface area contributed by atoms with Crippen molar-refractivity contribution in [1.82, 2.24) is 14.9 Å². The molecule has 22 heavy (non-hydrogen) atoms. The van der Waals surface area contributed by atoms with Gasteiger partial charge in [0, 0.05) is 24.3 Å². The Morgan fingerprint density at radius 1 is 1.23 bits per heavy atom. The summed E-state index contributed by atoms with van der Waals surface area (Å²) in [5.41, 5.74) is 3.12. The molecule has 3 aromatic rings. The molecule has 0 saturated carbocycles. The van der Waals surface area contributed by atoms with Crippen molar-refractivity contribution in [2.24, 2.45) is 0 Å². The number of thiazole rings is 1. The highest BCUT2D eigenvalue weighted by molar-refractivity contribution is 7.12. The number of benzene rings is 1. The highest BCUT2D eigenvalue weighted by atomic mass is 32.1. The molecule has 0 spiro atoms. The Labute approximate surface area is 133 Å². The van der Waals surface area contributed by atoms with E-state index < -0.39 is 0 Å². The van der Waals surface area contributed by atoms with E-state index in [9.17, 15) is 4.79 Å². The van der Waals surface area contributed by atoms with Crippen LogP contribution in [0, 0.1) is 6.92 Å². The third-order valence-electron chi connectivity index (χ3n) is 3.32. The van der Waals surface area contributed by atoms with E-state index in [0.717, 1.165) is 16.4 Å². The van der Waals surface area contributed by atoms with Gasteiger partial charge in [-0.25, -0.2) is 4.98 Å². The highest BCUT2D eigenvalue weighted by Gasteiger charge is 2.08. The summed E-state index contributed by atoms with van der Waals surface area (Å²) in [5, 5.41) is 5.74. The Kier molecular flexibility index (Phi) is 4.34. The molecule has 0 aliphatic rings. The second-order valence-electron chi connectivity index (χ2n) is 5.15. The normalized spacial score (nSPS) is 10.6. The lowest BCUT2D eigenvalue weighted by atomic mass is 10.1. The molecule has 0 bridgehead atoms. The lowest BCUT2D eigenvalue weighted by Gasteiger charge is -2.04. The lowest BCUT2D eigenvalue weighted by Crippen LogP contribution is -2.24. The van der Waals surface area contributed by atoms with E-state index in [1.54, 1.807) is 0 Å². The Balaban J connectivity index is 1.54. The van der Waals surface area contributed by atoms with Gasteiger partial charge in [0.05, 0.1) is 12.1 Å². The van der Waals surface area contributed by atoms with Gasteiger partial charge in [-0.3, -0.25) is 4.79 Å². The summed E-state index contributed by atoms with van der Waals surface area (Å²) < 4.78 is 1.94. The first-order valence-electron chi connectivity index (χ1n) is 7.11. The zero-order valence-corrected chi connectivity index (χ0v) is 13.1. The summed E-state index contributed by atoms with van der Waals surface area (Å²) in [4.78, 5) is 16.5. The van der Waals surface area contributed by atoms with Crippen LogP contribution in [-0.2, 0) is 17.8 Å². The summed E-state index contributed by atoms with van der Waals surface area (Å²) in [6.45, 7) is 2.60. The van der Waals surface area contributed by atoms with Gasteiger partial charge in [0.2, 0.25) is 5.91 Å². The molecule has 0 saturated heterocycles. The van der Waals surface area contributed by atoms with Crippen molar-refractivity contribution in [1.29, 1.82) is 0 Å². The van der Waals surface area contributed by atoms with Gasteiger partial charge in [0.1, 0.15) is 0 Å². The van der Waals surface area contributed by atoms with Crippen molar-refractivity contribution < 1.29 is 4.79 Å². The topological polar surface area (TPSA) is 46.9 Å². The average Bonchev–Trinajstić information content (AvgIpc) is 3.17. The number of rotatable bonds is 5. The number of amides is 1. The van der Waals surface area contributed by atoms with Crippen LogP contribution in [0.5, 0.6) is 0 Å². The minimum absolute atomic E-state index is 0.00932. The van der Waals surface area contributed by atoms with Crippen molar-refractivity contribution in [2.75, 3.05) is 0 Å². The molecule has 0 unspecified atom stereocenters. The molecule has 0 radical (unpaired) electrons. The fourth-order valence-electron chi connectivity index (χ4n) is 2.09. The first-order valence-corrected chi connectivity index (χ1v) is 7.99. The van der Waals surface area contributed by atoms with Crippen LogP contribution in [0.3, 0.4) is 0 Å². The quantitative estimate of drug-likeness (QED) is 0.787. The van der Waals surface area contributed by atoms with E-state index >= 15 is 0 Å². The number of carbonyl (C=O) groups is 1. The molecule has 2 aromatic heterocycles. The van der Waals surface area contributed by atoms with Crippen LogP contribution in [0.4, 0.5) is 0 Å². The van der Waals surface area contributed by atoms with Crippen molar-refractivity contribution >= 4 is 17.2 Å². The number of nitrogens with one attached hydrogen (secondary N) is 1. The van der Waals surface area contributed by atoms with Crippen LogP contribution in [-0.4, -0.2) is 15.5 Å². The van der Waals surface area contributed by atoms with Crippen LogP contribution in [0.1, 0.15) is 16.8 Å². The predicted molar refractivity (Wildman–Crippen MR) is 88.2 cm³/mol. The van der Waals surface area contributed by atoms with Gasteiger partial charge in [0.15, 0.2) is 5.13 Å². The molecule has 0 aliphatic carbocycles. The van der Waals surface area contributed by atoms with Crippen molar-refractivity contribution in [3.63, 3.8) is 0 Å². The Morgan fingerprint density at radius 3 is 2.68 bits per heavy atom. The average molecular weight is 311 g/mol. The molecule has 1 amide bonds. The number of hydrogen-bond donors (Lipinski definition) is 1. The molecule has 1 aromatic carbocycles. The summed E-state index contributed by atoms with van der Waals surface area (Å²) in [6, 6.07) is 12.1. The van der Waals surface area contributed by atoms with E-state index in [-0.39, 0.29) is 5.91 Å². The number of aromatic nitrogens is 2. The number of nitrogens with zero attached hydrogens (tertiary/aromatic N) is 2. The van der Waals surface area contributed by atoms with Gasteiger partial charge in [-0.15, -0.1) is 11.3 Å². The molecular formula is C17H17N3OS. The molecule has 0 fully saturated rings. The molecule has 0 aliphatic heterocycles. The van der Waals surface area contributed by atoms with E-state index in [1.165, 1.54) is 16.9 Å². The fourth-order valence-corrected chi connectivity index (χ4v) is 2.88. The standard InChI is InChI=1S/C17H17N3OS/c1-13-4-6-14(7-5-13)11-18-16(21)10-15-12-22-17(19-15)20-8-2-3-9-20/h2-9,12H,10-11H2,1H3,(H,18,21). The van der Waals surface area contributed by atoms with E-state index in [0.29, 0.717) is 13.0 Å². The molecule has 2 heterocycles. The molecule has 0 atom stereocenters. The van der Waals surface area contributed by atoms with Crippen LogP contribution >= 0.6 is 11.3 Å². The zero-order valence-electron chi connectivity index (χ0n) is 12.3. The van der Waals surface area contributed by atoms with E-state index in [4.69, 9.17) is 0 Å². The Bertz CT molecular complexity index is 745. The maximum Gasteiger partial charge on any atom is 0.226 e. The summed E-state index contributed by atoms with van der Waals surface area (Å²) in [7, 11) is 0. The third-order valence-corrected chi connectivity index (χ3v) is 4.22. The first-order chi connectivity index (χ1) is 10.7. The van der Waals surface area contributed by atoms with Crippen molar-refractivity contribution in [3.8, 4) is 5.13 Å². The first kappa shape index (κ1) is 14.5. The number of carbonyl (C=O) groups excluding carboxylic acids is 1. The highest BCUT2D eigenvalue weighted by Crippen LogP contribution is 2.15. The molecule has 1 N–H and O–H groups in total. The number of aryl methyl sites for hydroxylation is 1. The zero-order chi connectivity index (χ0) is 15.4. The predicted octanol–water partition coefficient (Wildman–Crippen LogP) is 3.10. The van der Waals surface area contributed by atoms with Crippen LogP contribution in [0.2, 0.25) is 0 Å². The summed E-state index contributed by atoms with van der Waals surface area (Å²) in [6.07, 6.45) is 4.20. The molecule has 5 heteroatoms. The summed E-state index contributed by atoms with van der Waals surface area (Å²) in [5.74, 6) is -0.00932. The van der Waals surface area contributed by atoms with Gasteiger partial charge in [-0.05, 0) is 24.6 Å². The smallest absolute Gasteiger partial charge is 0.226 e. The van der Waals surface area contributed by atoms with Gasteiger partial charge < -0.3 is 9.88 Å². The minimum atomic E-state index is -0.00932. The molecule has 3 rings (SSSR count). The molecule has 4 nitrogen and oxygen atoms in total. The van der Waals surface area contributed by atoms with E-state index in [2.05, 4.69) is 10.3 Å². The van der Waals surface area contributed by atoms with Crippen LogP contribution < -0.4 is 5.32 Å². The van der Waals surface area contributed by atoms with Gasteiger partial charge >= 0.3 is 0 Å². The second kappa shape index (κ2) is 6.58. The lowest BCUT2D eigenvalue weighted by molar-refractivity contribution is -0.120. The SMILES string of the molecule is Cc1ccc(CNC(=O)Cc2csc(-n3cccc3)n2)cc1. The van der Waals surface area contributed by atoms with Crippen molar-refractivity contribution in [2.45, 2.75) is 19.9 Å². The van der Waals surface area contributed by atoms with Gasteiger partial charge in [-0.2, -0.15) is 0 Å². The Morgan fingerprint density at radius 2 is 1.95 bits per heavy atom.